The SMILES string of the molecule is CN1C(=O)C(O)=C(c2ccc(Cl)cc2Cl)C1=O. The van der Waals surface area contributed by atoms with E-state index in [1.807, 2.05) is 0 Å². The molecular weight excluding hydrogens is 265 g/mol. The molecule has 0 bridgehead atoms. The van der Waals surface area contributed by atoms with Crippen molar-refractivity contribution >= 4 is 40.6 Å². The zero-order chi connectivity index (χ0) is 12.7. The fourth-order valence-corrected chi connectivity index (χ4v) is 2.06. The molecule has 17 heavy (non-hydrogen) atoms. The van der Waals surface area contributed by atoms with Crippen LogP contribution < -0.4 is 0 Å². The number of nitrogens with zero attached hydrogens (tertiary/aromatic N) is 1. The number of amides is 2. The van der Waals surface area contributed by atoms with Gasteiger partial charge in [-0.05, 0) is 12.1 Å². The van der Waals surface area contributed by atoms with Crippen LogP contribution in [0.1, 0.15) is 5.56 Å². The van der Waals surface area contributed by atoms with E-state index in [9.17, 15) is 14.7 Å². The van der Waals surface area contributed by atoms with E-state index in [0.717, 1.165) is 4.90 Å². The lowest BCUT2D eigenvalue weighted by Crippen LogP contribution is -2.26. The number of aliphatic hydroxyl groups excluding tert-OH is 1. The van der Waals surface area contributed by atoms with Crippen molar-refractivity contribution in [3.05, 3.63) is 39.6 Å². The van der Waals surface area contributed by atoms with E-state index in [-0.39, 0.29) is 16.2 Å². The molecule has 0 aromatic heterocycles. The highest BCUT2D eigenvalue weighted by atomic mass is 35.5. The Balaban J connectivity index is 2.61. The molecule has 0 aliphatic carbocycles. The molecule has 0 fully saturated rings. The monoisotopic (exact) mass is 271 g/mol. The third kappa shape index (κ3) is 1.79. The highest BCUT2D eigenvalue weighted by Crippen LogP contribution is 2.33. The Hall–Kier alpha value is -1.52. The van der Waals surface area contributed by atoms with Gasteiger partial charge in [0.15, 0.2) is 5.76 Å². The third-order valence-corrected chi connectivity index (χ3v) is 3.01. The van der Waals surface area contributed by atoms with Crippen molar-refractivity contribution in [2.45, 2.75) is 0 Å². The highest BCUT2D eigenvalue weighted by Gasteiger charge is 2.37. The number of rotatable bonds is 1. The van der Waals surface area contributed by atoms with Crippen molar-refractivity contribution < 1.29 is 14.7 Å². The van der Waals surface area contributed by atoms with Crippen LogP contribution in [0.5, 0.6) is 0 Å². The molecule has 2 rings (SSSR count). The summed E-state index contributed by atoms with van der Waals surface area (Å²) in [6, 6.07) is 4.45. The number of halogens is 2. The summed E-state index contributed by atoms with van der Waals surface area (Å²) in [6.45, 7) is 0. The van der Waals surface area contributed by atoms with Crippen LogP contribution in [0.25, 0.3) is 5.57 Å². The smallest absolute Gasteiger partial charge is 0.296 e. The summed E-state index contributed by atoms with van der Waals surface area (Å²) in [7, 11) is 1.29. The van der Waals surface area contributed by atoms with Gasteiger partial charge in [-0.2, -0.15) is 0 Å². The maximum absolute atomic E-state index is 11.8. The summed E-state index contributed by atoms with van der Waals surface area (Å²) in [5.74, 6) is -1.92. The molecular formula is C11H7Cl2NO3. The molecule has 1 heterocycles. The lowest BCUT2D eigenvalue weighted by atomic mass is 10.1. The van der Waals surface area contributed by atoms with E-state index in [0.29, 0.717) is 5.02 Å². The maximum atomic E-state index is 11.8. The summed E-state index contributed by atoms with van der Waals surface area (Å²) in [6.07, 6.45) is 0. The Bertz CT molecular complexity index is 566. The molecule has 0 saturated heterocycles. The molecule has 6 heteroatoms. The predicted molar refractivity (Wildman–Crippen MR) is 63.8 cm³/mol. The van der Waals surface area contributed by atoms with Crippen LogP contribution in [0.3, 0.4) is 0 Å². The minimum Gasteiger partial charge on any atom is -0.502 e. The number of carbonyl (C=O) groups is 2. The number of aliphatic hydroxyl groups is 1. The normalized spacial score (nSPS) is 16.1. The van der Waals surface area contributed by atoms with Gasteiger partial charge in [-0.1, -0.05) is 29.3 Å². The maximum Gasteiger partial charge on any atom is 0.296 e. The molecule has 1 N–H and O–H groups in total. The number of benzene rings is 1. The minimum atomic E-state index is -0.740. The van der Waals surface area contributed by atoms with Crippen LogP contribution in [0.2, 0.25) is 10.0 Å². The van der Waals surface area contributed by atoms with Gasteiger partial charge in [0.2, 0.25) is 0 Å². The van der Waals surface area contributed by atoms with Crippen LogP contribution in [0.4, 0.5) is 0 Å². The van der Waals surface area contributed by atoms with Gasteiger partial charge in [-0.3, -0.25) is 14.5 Å². The van der Waals surface area contributed by atoms with Gasteiger partial charge in [0.05, 0.1) is 10.6 Å². The average Bonchev–Trinajstić information content (AvgIpc) is 2.45. The van der Waals surface area contributed by atoms with Crippen molar-refractivity contribution in [3.8, 4) is 0 Å². The second kappa shape index (κ2) is 4.05. The van der Waals surface area contributed by atoms with Crippen LogP contribution in [0, 0.1) is 0 Å². The molecule has 1 aromatic rings. The summed E-state index contributed by atoms with van der Waals surface area (Å²) in [5, 5.41) is 10.2. The molecule has 0 saturated carbocycles. The van der Waals surface area contributed by atoms with E-state index in [4.69, 9.17) is 23.2 Å². The van der Waals surface area contributed by atoms with E-state index in [1.165, 1.54) is 25.2 Å². The summed E-state index contributed by atoms with van der Waals surface area (Å²) < 4.78 is 0. The quantitative estimate of drug-likeness (QED) is 0.798. The Morgan fingerprint density at radius 1 is 1.18 bits per heavy atom. The van der Waals surface area contributed by atoms with Gasteiger partial charge in [0, 0.05) is 17.6 Å². The first-order valence-electron chi connectivity index (χ1n) is 4.64. The first kappa shape index (κ1) is 12.0. The first-order valence-corrected chi connectivity index (χ1v) is 5.40. The van der Waals surface area contributed by atoms with Crippen LogP contribution in [0.15, 0.2) is 24.0 Å². The summed E-state index contributed by atoms with van der Waals surface area (Å²) in [5.41, 5.74) is 0.190. The number of hydrogen-bond donors (Lipinski definition) is 1. The van der Waals surface area contributed by atoms with E-state index < -0.39 is 17.6 Å². The largest absolute Gasteiger partial charge is 0.502 e. The molecule has 0 atom stereocenters. The Morgan fingerprint density at radius 2 is 1.82 bits per heavy atom. The molecule has 0 radical (unpaired) electrons. The predicted octanol–water partition coefficient (Wildman–Crippen LogP) is 2.26. The molecule has 4 nitrogen and oxygen atoms in total. The molecule has 1 aromatic carbocycles. The topological polar surface area (TPSA) is 57.6 Å². The van der Waals surface area contributed by atoms with E-state index in [2.05, 4.69) is 0 Å². The molecule has 1 aliphatic rings. The molecule has 1 aliphatic heterocycles. The lowest BCUT2D eigenvalue weighted by molar-refractivity contribution is -0.136. The average molecular weight is 272 g/mol. The number of likely N-dealkylation sites (N-methyl/N-ethyl adjacent to an activating group) is 1. The van der Waals surface area contributed by atoms with E-state index in [1.54, 1.807) is 0 Å². The first-order chi connectivity index (χ1) is 7.93. The van der Waals surface area contributed by atoms with E-state index >= 15 is 0 Å². The van der Waals surface area contributed by atoms with Gasteiger partial charge in [0.25, 0.3) is 11.8 Å². The minimum absolute atomic E-state index is 0.0980. The Kier molecular flexibility index (Phi) is 2.85. The third-order valence-electron chi connectivity index (χ3n) is 2.46. The van der Waals surface area contributed by atoms with Gasteiger partial charge < -0.3 is 5.11 Å². The van der Waals surface area contributed by atoms with Crippen LogP contribution in [-0.2, 0) is 9.59 Å². The zero-order valence-corrected chi connectivity index (χ0v) is 10.2. The van der Waals surface area contributed by atoms with Crippen LogP contribution in [-0.4, -0.2) is 28.9 Å². The van der Waals surface area contributed by atoms with Crippen molar-refractivity contribution in [1.82, 2.24) is 4.90 Å². The van der Waals surface area contributed by atoms with Crippen molar-refractivity contribution in [3.63, 3.8) is 0 Å². The number of hydrogen-bond acceptors (Lipinski definition) is 3. The van der Waals surface area contributed by atoms with Gasteiger partial charge in [-0.25, -0.2) is 0 Å². The molecule has 0 unspecified atom stereocenters. The van der Waals surface area contributed by atoms with Crippen LogP contribution >= 0.6 is 23.2 Å². The highest BCUT2D eigenvalue weighted by molar-refractivity contribution is 6.40. The standard InChI is InChI=1S/C11H7Cl2NO3/c1-14-10(16)8(9(15)11(14)17)6-3-2-5(12)4-7(6)13/h2-4,15H,1H3. The zero-order valence-electron chi connectivity index (χ0n) is 8.70. The fourth-order valence-electron chi connectivity index (χ4n) is 1.56. The molecule has 2 amide bonds. The summed E-state index contributed by atoms with van der Waals surface area (Å²) >= 11 is 11.7. The Labute approximate surface area is 107 Å². The second-order valence-electron chi connectivity index (χ2n) is 3.52. The second-order valence-corrected chi connectivity index (χ2v) is 4.36. The van der Waals surface area contributed by atoms with Crippen molar-refractivity contribution in [2.75, 3.05) is 7.05 Å². The summed E-state index contributed by atoms with van der Waals surface area (Å²) in [4.78, 5) is 24.0. The van der Waals surface area contributed by atoms with Gasteiger partial charge in [-0.15, -0.1) is 0 Å². The Morgan fingerprint density at radius 3 is 2.29 bits per heavy atom. The molecule has 88 valence electrons. The van der Waals surface area contributed by atoms with Crippen molar-refractivity contribution in [1.29, 1.82) is 0 Å². The lowest BCUT2D eigenvalue weighted by Gasteiger charge is -2.07. The van der Waals surface area contributed by atoms with Gasteiger partial charge >= 0.3 is 0 Å². The number of carbonyl (C=O) groups excluding carboxylic acids is 2. The van der Waals surface area contributed by atoms with Gasteiger partial charge in [0.1, 0.15) is 0 Å². The van der Waals surface area contributed by atoms with Crippen molar-refractivity contribution in [2.24, 2.45) is 0 Å². The molecule has 0 spiro atoms. The number of imide groups is 1. The fraction of sp³-hybridized carbons (Fsp3) is 0.0909.